The Kier molecular flexibility index (Phi) is 4.47. The molecule has 0 aromatic heterocycles. The van der Waals surface area contributed by atoms with E-state index in [0.717, 1.165) is 35.0 Å². The van der Waals surface area contributed by atoms with Crippen molar-refractivity contribution in [1.82, 2.24) is 5.32 Å². The predicted octanol–water partition coefficient (Wildman–Crippen LogP) is 2.24. The molecule has 0 unspecified atom stereocenters. The van der Waals surface area contributed by atoms with Gasteiger partial charge in [-0.3, -0.25) is 4.79 Å². The highest BCUT2D eigenvalue weighted by Crippen LogP contribution is 2.40. The van der Waals surface area contributed by atoms with E-state index in [4.69, 9.17) is 4.74 Å². The predicted molar refractivity (Wildman–Crippen MR) is 75.9 cm³/mol. The van der Waals surface area contributed by atoms with E-state index >= 15 is 0 Å². The first-order valence-electron chi connectivity index (χ1n) is 6.33. The molecule has 5 heteroatoms. The van der Waals surface area contributed by atoms with E-state index in [1.807, 2.05) is 18.2 Å². The van der Waals surface area contributed by atoms with Gasteiger partial charge in [0.25, 0.3) is 0 Å². The van der Waals surface area contributed by atoms with Crippen LogP contribution in [0.3, 0.4) is 0 Å². The van der Waals surface area contributed by atoms with E-state index in [2.05, 4.69) is 21.2 Å². The molecule has 2 N–H and O–H groups in total. The molecular weight excluding hydrogens is 310 g/mol. The minimum Gasteiger partial charge on any atom is -0.496 e. The highest BCUT2D eigenvalue weighted by molar-refractivity contribution is 9.10. The van der Waals surface area contributed by atoms with Crippen LogP contribution in [0.1, 0.15) is 24.8 Å². The van der Waals surface area contributed by atoms with Gasteiger partial charge >= 0.3 is 0 Å². The van der Waals surface area contributed by atoms with E-state index in [1.54, 1.807) is 7.11 Å². The molecule has 1 aliphatic carbocycles. The second-order valence-corrected chi connectivity index (χ2v) is 5.85. The van der Waals surface area contributed by atoms with Gasteiger partial charge in [-0.05, 0) is 31.0 Å². The number of rotatable bonds is 5. The summed E-state index contributed by atoms with van der Waals surface area (Å²) in [6.07, 6.45) is 2.55. The number of benzene rings is 1. The van der Waals surface area contributed by atoms with Crippen molar-refractivity contribution >= 4 is 21.8 Å². The summed E-state index contributed by atoms with van der Waals surface area (Å²) < 4.78 is 6.21. The number of carbonyl (C=O) groups is 1. The highest BCUT2D eigenvalue weighted by atomic mass is 79.9. The summed E-state index contributed by atoms with van der Waals surface area (Å²) >= 11 is 3.40. The Morgan fingerprint density at radius 2 is 2.26 bits per heavy atom. The van der Waals surface area contributed by atoms with E-state index in [0.29, 0.717) is 6.54 Å². The summed E-state index contributed by atoms with van der Waals surface area (Å²) in [5, 5.41) is 12.3. The van der Waals surface area contributed by atoms with Crippen LogP contribution < -0.4 is 10.1 Å². The summed E-state index contributed by atoms with van der Waals surface area (Å²) in [5.41, 5.74) is 0.358. The maximum Gasteiger partial charge on any atom is 0.228 e. The Bertz CT molecular complexity index is 466. The summed E-state index contributed by atoms with van der Waals surface area (Å²) in [7, 11) is 1.61. The largest absolute Gasteiger partial charge is 0.496 e. The molecule has 0 bridgehead atoms. The molecule has 0 atom stereocenters. The van der Waals surface area contributed by atoms with Crippen LogP contribution in [0.5, 0.6) is 5.75 Å². The second-order valence-electron chi connectivity index (χ2n) is 4.93. The van der Waals surface area contributed by atoms with Crippen molar-refractivity contribution in [3.8, 4) is 5.75 Å². The van der Waals surface area contributed by atoms with Crippen LogP contribution in [0.4, 0.5) is 0 Å². The van der Waals surface area contributed by atoms with Gasteiger partial charge in [0.15, 0.2) is 0 Å². The van der Waals surface area contributed by atoms with Crippen molar-refractivity contribution in [3.05, 3.63) is 28.2 Å². The monoisotopic (exact) mass is 327 g/mol. The standard InChI is InChI=1S/C14H18BrNO3/c1-19-12-4-3-11(15)7-10(12)8-16-13(18)14(9-17)5-2-6-14/h3-4,7,17H,2,5-6,8-9H2,1H3,(H,16,18). The average Bonchev–Trinajstić information content (AvgIpc) is 2.36. The van der Waals surface area contributed by atoms with Gasteiger partial charge in [0.05, 0.1) is 19.1 Å². The van der Waals surface area contributed by atoms with E-state index < -0.39 is 5.41 Å². The zero-order chi connectivity index (χ0) is 13.9. The van der Waals surface area contributed by atoms with Crippen molar-refractivity contribution in [3.63, 3.8) is 0 Å². The van der Waals surface area contributed by atoms with Crippen LogP contribution in [-0.2, 0) is 11.3 Å². The lowest BCUT2D eigenvalue weighted by Crippen LogP contribution is -2.47. The molecule has 1 aliphatic rings. The first-order chi connectivity index (χ1) is 9.11. The van der Waals surface area contributed by atoms with Crippen LogP contribution in [0.25, 0.3) is 0 Å². The van der Waals surface area contributed by atoms with Crippen molar-refractivity contribution < 1.29 is 14.6 Å². The lowest BCUT2D eigenvalue weighted by atomic mass is 9.68. The number of methoxy groups -OCH3 is 1. The third kappa shape index (κ3) is 2.92. The minimum absolute atomic E-state index is 0.0664. The van der Waals surface area contributed by atoms with Gasteiger partial charge in [0.2, 0.25) is 5.91 Å². The maximum atomic E-state index is 12.1. The number of carbonyl (C=O) groups excluding carboxylic acids is 1. The van der Waals surface area contributed by atoms with Crippen molar-refractivity contribution in [2.45, 2.75) is 25.8 Å². The molecule has 0 spiro atoms. The molecule has 1 fully saturated rings. The Hall–Kier alpha value is -1.07. The van der Waals surface area contributed by atoms with Gasteiger partial charge < -0.3 is 15.2 Å². The number of nitrogens with one attached hydrogen (secondary N) is 1. The third-order valence-electron chi connectivity index (χ3n) is 3.78. The molecule has 1 amide bonds. The summed E-state index contributed by atoms with van der Waals surface area (Å²) in [6.45, 7) is 0.331. The summed E-state index contributed by atoms with van der Waals surface area (Å²) in [6, 6.07) is 5.67. The summed E-state index contributed by atoms with van der Waals surface area (Å²) in [5.74, 6) is 0.679. The van der Waals surface area contributed by atoms with Crippen molar-refractivity contribution in [1.29, 1.82) is 0 Å². The number of hydrogen-bond acceptors (Lipinski definition) is 3. The molecule has 2 rings (SSSR count). The Balaban J connectivity index is 2.02. The van der Waals surface area contributed by atoms with Crippen LogP contribution in [0.15, 0.2) is 22.7 Å². The SMILES string of the molecule is COc1ccc(Br)cc1CNC(=O)C1(CO)CCC1. The van der Waals surface area contributed by atoms with Gasteiger partial charge in [-0.1, -0.05) is 22.4 Å². The molecular formula is C14H18BrNO3. The molecule has 0 aliphatic heterocycles. The van der Waals surface area contributed by atoms with Gasteiger partial charge in [0, 0.05) is 16.6 Å². The van der Waals surface area contributed by atoms with Crippen LogP contribution in [0, 0.1) is 5.41 Å². The number of amides is 1. The van der Waals surface area contributed by atoms with Crippen molar-refractivity contribution in [2.24, 2.45) is 5.41 Å². The molecule has 4 nitrogen and oxygen atoms in total. The zero-order valence-electron chi connectivity index (χ0n) is 10.9. The van der Waals surface area contributed by atoms with E-state index in [-0.39, 0.29) is 12.5 Å². The smallest absolute Gasteiger partial charge is 0.228 e. The lowest BCUT2D eigenvalue weighted by Gasteiger charge is -2.38. The Morgan fingerprint density at radius 1 is 1.53 bits per heavy atom. The zero-order valence-corrected chi connectivity index (χ0v) is 12.5. The quantitative estimate of drug-likeness (QED) is 0.871. The Morgan fingerprint density at radius 3 is 2.79 bits per heavy atom. The van der Waals surface area contributed by atoms with Gasteiger partial charge in [-0.15, -0.1) is 0 Å². The molecule has 0 saturated heterocycles. The molecule has 19 heavy (non-hydrogen) atoms. The van der Waals surface area contributed by atoms with Crippen LogP contribution >= 0.6 is 15.9 Å². The van der Waals surface area contributed by atoms with E-state index in [1.165, 1.54) is 0 Å². The fourth-order valence-electron chi connectivity index (χ4n) is 2.31. The molecule has 1 aromatic rings. The number of hydrogen-bond donors (Lipinski definition) is 2. The lowest BCUT2D eigenvalue weighted by molar-refractivity contribution is -0.139. The molecule has 104 valence electrons. The molecule has 1 saturated carbocycles. The van der Waals surface area contributed by atoms with Crippen molar-refractivity contribution in [2.75, 3.05) is 13.7 Å². The topological polar surface area (TPSA) is 58.6 Å². The van der Waals surface area contributed by atoms with Crippen LogP contribution in [0.2, 0.25) is 0 Å². The fraction of sp³-hybridized carbons (Fsp3) is 0.500. The van der Waals surface area contributed by atoms with Gasteiger partial charge in [-0.25, -0.2) is 0 Å². The summed E-state index contributed by atoms with van der Waals surface area (Å²) in [4.78, 5) is 12.1. The average molecular weight is 328 g/mol. The maximum absolute atomic E-state index is 12.1. The Labute approximate surface area is 121 Å². The minimum atomic E-state index is -0.556. The van der Waals surface area contributed by atoms with Gasteiger partial charge in [-0.2, -0.15) is 0 Å². The first kappa shape index (κ1) is 14.3. The number of aliphatic hydroxyl groups is 1. The molecule has 0 heterocycles. The first-order valence-corrected chi connectivity index (χ1v) is 7.12. The number of aliphatic hydroxyl groups excluding tert-OH is 1. The van der Waals surface area contributed by atoms with E-state index in [9.17, 15) is 9.90 Å². The van der Waals surface area contributed by atoms with Gasteiger partial charge in [0.1, 0.15) is 5.75 Å². The van der Waals surface area contributed by atoms with Crippen LogP contribution in [-0.4, -0.2) is 24.7 Å². The number of ether oxygens (including phenoxy) is 1. The normalized spacial score (nSPS) is 16.6. The molecule has 1 aromatic carbocycles. The molecule has 0 radical (unpaired) electrons. The third-order valence-corrected chi connectivity index (χ3v) is 4.27. The fourth-order valence-corrected chi connectivity index (χ4v) is 2.72. The second kappa shape index (κ2) is 5.92. The number of halogens is 1. The highest BCUT2D eigenvalue weighted by Gasteiger charge is 2.43.